The van der Waals surface area contributed by atoms with Gasteiger partial charge in [0.15, 0.2) is 0 Å². The van der Waals surface area contributed by atoms with Gasteiger partial charge < -0.3 is 5.11 Å². The Balaban J connectivity index is 2.13. The van der Waals surface area contributed by atoms with E-state index < -0.39 is 6.17 Å². The summed E-state index contributed by atoms with van der Waals surface area (Å²) in [4.78, 5) is 0. The van der Waals surface area contributed by atoms with E-state index in [0.29, 0.717) is 0 Å². The zero-order chi connectivity index (χ0) is 5.98. The molecule has 1 atom stereocenters. The molecule has 0 bridgehead atoms. The first-order valence-corrected chi connectivity index (χ1v) is 3.09. The highest BCUT2D eigenvalue weighted by Crippen LogP contribution is 2.30. The molecule has 1 aliphatic rings. The summed E-state index contributed by atoms with van der Waals surface area (Å²) in [5.41, 5.74) is 0. The van der Waals surface area contributed by atoms with Gasteiger partial charge >= 0.3 is 0 Å². The van der Waals surface area contributed by atoms with Crippen LogP contribution in [0.5, 0.6) is 0 Å². The van der Waals surface area contributed by atoms with Gasteiger partial charge in [0.1, 0.15) is 6.17 Å². The Bertz CT molecular complexity index is 68.2. The second-order valence-electron chi connectivity index (χ2n) is 2.39. The molecule has 0 aromatic heterocycles. The minimum Gasteiger partial charge on any atom is -0.393 e. The summed E-state index contributed by atoms with van der Waals surface area (Å²) >= 11 is 0. The Labute approximate surface area is 48.5 Å². The van der Waals surface area contributed by atoms with E-state index in [-0.39, 0.29) is 12.5 Å². The van der Waals surface area contributed by atoms with Crippen LogP contribution < -0.4 is 0 Å². The highest BCUT2D eigenvalue weighted by atomic mass is 19.1. The molecule has 0 heterocycles. The lowest BCUT2D eigenvalue weighted by Crippen LogP contribution is -2.25. The van der Waals surface area contributed by atoms with Crippen LogP contribution in [0.1, 0.15) is 19.3 Å². The molecule has 0 aromatic rings. The van der Waals surface area contributed by atoms with Gasteiger partial charge in [-0.3, -0.25) is 0 Å². The number of rotatable bonds is 2. The first-order valence-electron chi connectivity index (χ1n) is 3.09. The van der Waals surface area contributed by atoms with Crippen LogP contribution >= 0.6 is 0 Å². The third-order valence-electron chi connectivity index (χ3n) is 1.84. The van der Waals surface area contributed by atoms with Gasteiger partial charge in [-0.15, -0.1) is 0 Å². The summed E-state index contributed by atoms with van der Waals surface area (Å²) in [6.07, 6.45) is 2.15. The molecule has 1 rings (SSSR count). The largest absolute Gasteiger partial charge is 0.393 e. The van der Waals surface area contributed by atoms with Gasteiger partial charge in [-0.2, -0.15) is 0 Å². The van der Waals surface area contributed by atoms with Crippen LogP contribution in [-0.4, -0.2) is 17.9 Å². The number of alkyl halides is 1. The molecule has 1 saturated carbocycles. The van der Waals surface area contributed by atoms with Gasteiger partial charge in [0.25, 0.3) is 0 Å². The van der Waals surface area contributed by atoms with E-state index in [1.807, 2.05) is 0 Å². The normalized spacial score (nSPS) is 24.8. The molecule has 1 N–H and O–H groups in total. The maximum atomic E-state index is 12.3. The monoisotopic (exact) mass is 118 g/mol. The number of aliphatic hydroxyl groups is 1. The molecule has 2 heteroatoms. The third kappa shape index (κ3) is 0.996. The zero-order valence-corrected chi connectivity index (χ0v) is 4.81. The molecular formula is C6H11FO. The van der Waals surface area contributed by atoms with Crippen LogP contribution in [-0.2, 0) is 0 Å². The standard InChI is InChI=1S/C6H11FO/c7-6(4-8)5-2-1-3-5/h5-6,8H,1-4H2/t6-/m1/s1. The molecule has 8 heavy (non-hydrogen) atoms. The summed E-state index contributed by atoms with van der Waals surface area (Å²) < 4.78 is 12.3. The van der Waals surface area contributed by atoms with Gasteiger partial charge in [0.2, 0.25) is 0 Å². The first kappa shape index (κ1) is 6.02. The predicted molar refractivity (Wildman–Crippen MR) is 29.3 cm³/mol. The lowest BCUT2D eigenvalue weighted by molar-refractivity contribution is 0.0842. The molecule has 0 radical (unpaired) electrons. The topological polar surface area (TPSA) is 20.2 Å². The fraction of sp³-hybridized carbons (Fsp3) is 1.00. The van der Waals surface area contributed by atoms with Crippen LogP contribution in [0.4, 0.5) is 4.39 Å². The summed E-state index contributed by atoms with van der Waals surface area (Å²) in [6.45, 7) is -0.287. The third-order valence-corrected chi connectivity index (χ3v) is 1.84. The summed E-state index contributed by atoms with van der Waals surface area (Å²) in [5.74, 6) is 0.181. The van der Waals surface area contributed by atoms with Gasteiger partial charge in [0, 0.05) is 0 Å². The van der Waals surface area contributed by atoms with Gasteiger partial charge in [-0.1, -0.05) is 6.42 Å². The molecule has 1 aliphatic carbocycles. The van der Waals surface area contributed by atoms with Crippen LogP contribution in [0.25, 0.3) is 0 Å². The Morgan fingerprint density at radius 2 is 2.25 bits per heavy atom. The highest BCUT2D eigenvalue weighted by molar-refractivity contribution is 4.76. The number of halogens is 1. The van der Waals surface area contributed by atoms with E-state index >= 15 is 0 Å². The van der Waals surface area contributed by atoms with E-state index in [2.05, 4.69) is 0 Å². The lowest BCUT2D eigenvalue weighted by Gasteiger charge is -2.27. The molecule has 0 aliphatic heterocycles. The van der Waals surface area contributed by atoms with Crippen molar-refractivity contribution in [3.63, 3.8) is 0 Å². The average Bonchev–Trinajstić information content (AvgIpc) is 1.62. The summed E-state index contributed by atoms with van der Waals surface area (Å²) in [6, 6.07) is 0. The Kier molecular flexibility index (Phi) is 1.84. The Hall–Kier alpha value is -0.110. The van der Waals surface area contributed by atoms with Crippen molar-refractivity contribution in [2.45, 2.75) is 25.4 Å². The molecule has 0 unspecified atom stereocenters. The van der Waals surface area contributed by atoms with Gasteiger partial charge in [-0.05, 0) is 18.8 Å². The number of aliphatic hydroxyl groups excluding tert-OH is 1. The van der Waals surface area contributed by atoms with Crippen molar-refractivity contribution in [3.8, 4) is 0 Å². The number of hydrogen-bond acceptors (Lipinski definition) is 1. The van der Waals surface area contributed by atoms with Crippen molar-refractivity contribution in [2.75, 3.05) is 6.61 Å². The summed E-state index contributed by atoms with van der Waals surface area (Å²) in [5, 5.41) is 8.30. The van der Waals surface area contributed by atoms with Crippen LogP contribution in [0.3, 0.4) is 0 Å². The van der Waals surface area contributed by atoms with E-state index in [9.17, 15) is 4.39 Å². The van der Waals surface area contributed by atoms with Gasteiger partial charge in [0.05, 0.1) is 6.61 Å². The average molecular weight is 118 g/mol. The second kappa shape index (κ2) is 2.44. The van der Waals surface area contributed by atoms with Crippen molar-refractivity contribution in [1.82, 2.24) is 0 Å². The van der Waals surface area contributed by atoms with E-state index in [0.717, 1.165) is 19.3 Å². The zero-order valence-electron chi connectivity index (χ0n) is 4.81. The number of hydrogen-bond donors (Lipinski definition) is 1. The molecule has 0 spiro atoms. The van der Waals surface area contributed by atoms with Crippen molar-refractivity contribution in [2.24, 2.45) is 5.92 Å². The molecule has 1 nitrogen and oxygen atoms in total. The Morgan fingerprint density at radius 3 is 2.38 bits per heavy atom. The van der Waals surface area contributed by atoms with E-state index in [1.54, 1.807) is 0 Å². The second-order valence-corrected chi connectivity index (χ2v) is 2.39. The first-order chi connectivity index (χ1) is 3.84. The molecule has 48 valence electrons. The maximum absolute atomic E-state index is 12.3. The van der Waals surface area contributed by atoms with Crippen LogP contribution in [0.15, 0.2) is 0 Å². The quantitative estimate of drug-likeness (QED) is 0.576. The van der Waals surface area contributed by atoms with Crippen molar-refractivity contribution in [1.29, 1.82) is 0 Å². The Morgan fingerprint density at radius 1 is 1.62 bits per heavy atom. The van der Waals surface area contributed by atoms with E-state index in [4.69, 9.17) is 5.11 Å². The minimum absolute atomic E-state index is 0.181. The van der Waals surface area contributed by atoms with Gasteiger partial charge in [-0.25, -0.2) is 4.39 Å². The van der Waals surface area contributed by atoms with Crippen molar-refractivity contribution < 1.29 is 9.50 Å². The fourth-order valence-electron chi connectivity index (χ4n) is 0.951. The van der Waals surface area contributed by atoms with Crippen molar-refractivity contribution in [3.05, 3.63) is 0 Å². The molecule has 1 fully saturated rings. The molecular weight excluding hydrogens is 107 g/mol. The van der Waals surface area contributed by atoms with Crippen LogP contribution in [0, 0.1) is 5.92 Å². The fourth-order valence-corrected chi connectivity index (χ4v) is 0.951. The van der Waals surface area contributed by atoms with E-state index in [1.165, 1.54) is 0 Å². The highest BCUT2D eigenvalue weighted by Gasteiger charge is 2.25. The molecule has 0 saturated heterocycles. The predicted octanol–water partition coefficient (Wildman–Crippen LogP) is 1.12. The SMILES string of the molecule is OC[C@@H](F)C1CCC1. The maximum Gasteiger partial charge on any atom is 0.126 e. The van der Waals surface area contributed by atoms with Crippen molar-refractivity contribution >= 4 is 0 Å². The van der Waals surface area contributed by atoms with Crippen LogP contribution in [0.2, 0.25) is 0 Å². The molecule has 0 amide bonds. The summed E-state index contributed by atoms with van der Waals surface area (Å²) in [7, 11) is 0. The molecule has 0 aromatic carbocycles. The lowest BCUT2D eigenvalue weighted by atomic mass is 9.82. The smallest absolute Gasteiger partial charge is 0.126 e. The minimum atomic E-state index is -0.941.